The Morgan fingerprint density at radius 2 is 1.97 bits per heavy atom. The van der Waals surface area contributed by atoms with E-state index in [1.54, 1.807) is 0 Å². The predicted molar refractivity (Wildman–Crippen MR) is 132 cm³/mol. The lowest BCUT2D eigenvalue weighted by Gasteiger charge is -2.43. The van der Waals surface area contributed by atoms with Crippen molar-refractivity contribution in [2.24, 2.45) is 0 Å². The van der Waals surface area contributed by atoms with Gasteiger partial charge in [-0.15, -0.1) is 0 Å². The lowest BCUT2D eigenvalue weighted by atomic mass is 9.85. The van der Waals surface area contributed by atoms with Crippen LogP contribution in [0.15, 0.2) is 24.5 Å². The van der Waals surface area contributed by atoms with Crippen molar-refractivity contribution in [1.29, 1.82) is 0 Å². The van der Waals surface area contributed by atoms with Gasteiger partial charge in [0.05, 0.1) is 54.0 Å². The molecule has 8 nitrogen and oxygen atoms in total. The number of halogens is 1. The molecule has 0 radical (unpaired) electrons. The molecule has 3 aromatic rings. The molecule has 1 aliphatic carbocycles. The third kappa shape index (κ3) is 3.86. The van der Waals surface area contributed by atoms with Gasteiger partial charge in [0.15, 0.2) is 0 Å². The Balaban J connectivity index is 1.21. The van der Waals surface area contributed by atoms with Crippen LogP contribution in [-0.2, 0) is 4.74 Å². The van der Waals surface area contributed by atoms with E-state index in [0.717, 1.165) is 58.8 Å². The van der Waals surface area contributed by atoms with Crippen LogP contribution in [0.1, 0.15) is 55.8 Å². The van der Waals surface area contributed by atoms with E-state index in [2.05, 4.69) is 44.9 Å². The number of aliphatic hydroxyl groups excluding tert-OH is 1. The number of hydrogen-bond donors (Lipinski definition) is 2. The van der Waals surface area contributed by atoms with Crippen molar-refractivity contribution in [3.63, 3.8) is 0 Å². The van der Waals surface area contributed by atoms with Crippen molar-refractivity contribution in [2.75, 3.05) is 31.6 Å². The molecule has 3 fully saturated rings. The van der Waals surface area contributed by atoms with Gasteiger partial charge in [0, 0.05) is 16.6 Å². The van der Waals surface area contributed by atoms with Gasteiger partial charge >= 0.3 is 0 Å². The fraction of sp³-hybridized carbons (Fsp3) is 0.560. The first kappa shape index (κ1) is 22.2. The first-order valence-electron chi connectivity index (χ1n) is 12.2. The van der Waals surface area contributed by atoms with Crippen LogP contribution >= 0.6 is 11.6 Å². The summed E-state index contributed by atoms with van der Waals surface area (Å²) in [6.45, 7) is 7.02. The van der Waals surface area contributed by atoms with Crippen LogP contribution in [0.25, 0.3) is 10.9 Å². The maximum Gasteiger partial charge on any atom is 0.227 e. The van der Waals surface area contributed by atoms with E-state index in [1.807, 2.05) is 18.5 Å². The molecule has 0 amide bonds. The molecule has 1 saturated carbocycles. The van der Waals surface area contributed by atoms with Gasteiger partial charge in [-0.2, -0.15) is 5.10 Å². The van der Waals surface area contributed by atoms with Gasteiger partial charge < -0.3 is 15.2 Å². The summed E-state index contributed by atoms with van der Waals surface area (Å²) in [6.07, 6.45) is 7.62. The molecule has 2 N–H and O–H groups in total. The van der Waals surface area contributed by atoms with E-state index in [9.17, 15) is 5.11 Å². The number of nitrogens with one attached hydrogen (secondary N) is 1. The van der Waals surface area contributed by atoms with E-state index < -0.39 is 6.10 Å². The smallest absolute Gasteiger partial charge is 0.227 e. The molecule has 1 aromatic carbocycles. The highest BCUT2D eigenvalue weighted by molar-refractivity contribution is 6.32. The van der Waals surface area contributed by atoms with Crippen molar-refractivity contribution < 1.29 is 9.84 Å². The van der Waals surface area contributed by atoms with Crippen molar-refractivity contribution in [3.8, 4) is 0 Å². The molecular weight excluding hydrogens is 452 g/mol. The summed E-state index contributed by atoms with van der Waals surface area (Å²) in [5, 5.41) is 20.0. The SMILES string of the molecule is Cc1c(Nc2ncc3cc(Cl)c(C4CCN(C5(C)COC[C@H]5O)CC4)cc3n2)cnn1C1CC1. The zero-order chi connectivity index (χ0) is 23.4. The van der Waals surface area contributed by atoms with Crippen molar-refractivity contribution >= 4 is 34.1 Å². The van der Waals surface area contributed by atoms with Gasteiger partial charge in [0.1, 0.15) is 0 Å². The van der Waals surface area contributed by atoms with Gasteiger partial charge in [0.2, 0.25) is 5.95 Å². The third-order valence-corrected chi connectivity index (χ3v) is 8.25. The topological polar surface area (TPSA) is 88.3 Å². The third-order valence-electron chi connectivity index (χ3n) is 7.93. The standard InChI is InChI=1S/C25H31ClN6O2/c1-15-22(12-28-32(15)18-3-4-18)30-24-27-11-17-9-20(26)19(10-21(17)29-24)16-5-7-31(8-6-16)25(2)14-34-13-23(25)33/h9-12,16,18,23,33H,3-8,13-14H2,1-2H3,(H,27,29,30)/t23-,25?/m1/s1. The van der Waals surface area contributed by atoms with E-state index in [-0.39, 0.29) is 5.54 Å². The number of anilines is 2. The summed E-state index contributed by atoms with van der Waals surface area (Å²) >= 11 is 6.72. The summed E-state index contributed by atoms with van der Waals surface area (Å²) in [5.41, 5.74) is 3.79. The Hall–Kier alpha value is -2.26. The van der Waals surface area contributed by atoms with Crippen LogP contribution in [0.4, 0.5) is 11.6 Å². The number of piperidine rings is 1. The van der Waals surface area contributed by atoms with Gasteiger partial charge in [-0.3, -0.25) is 9.58 Å². The zero-order valence-electron chi connectivity index (χ0n) is 19.7. The normalized spacial score (nSPS) is 26.4. The highest BCUT2D eigenvalue weighted by atomic mass is 35.5. The van der Waals surface area contributed by atoms with Crippen LogP contribution in [-0.4, -0.2) is 67.7 Å². The van der Waals surface area contributed by atoms with Crippen molar-refractivity contribution in [3.05, 3.63) is 40.8 Å². The minimum atomic E-state index is -0.434. The Bertz CT molecular complexity index is 1220. The number of hydrogen-bond acceptors (Lipinski definition) is 7. The van der Waals surface area contributed by atoms with E-state index >= 15 is 0 Å². The first-order valence-corrected chi connectivity index (χ1v) is 12.6. The molecule has 180 valence electrons. The van der Waals surface area contributed by atoms with Crippen LogP contribution in [0.5, 0.6) is 0 Å². The molecule has 34 heavy (non-hydrogen) atoms. The molecule has 0 bridgehead atoms. The minimum absolute atomic E-state index is 0.294. The quantitative estimate of drug-likeness (QED) is 0.563. The summed E-state index contributed by atoms with van der Waals surface area (Å²) in [6, 6.07) is 4.64. The molecule has 3 aliphatic rings. The first-order chi connectivity index (χ1) is 16.4. The second kappa shape index (κ2) is 8.45. The molecule has 2 saturated heterocycles. The Morgan fingerprint density at radius 1 is 1.18 bits per heavy atom. The number of benzene rings is 1. The van der Waals surface area contributed by atoms with E-state index in [0.29, 0.717) is 31.1 Å². The number of rotatable bonds is 5. The monoisotopic (exact) mass is 482 g/mol. The molecule has 2 atom stereocenters. The molecular formula is C25H31ClN6O2. The second-order valence-electron chi connectivity index (χ2n) is 10.2. The summed E-state index contributed by atoms with van der Waals surface area (Å²) in [4.78, 5) is 11.7. The Labute approximate surface area is 204 Å². The van der Waals surface area contributed by atoms with Gasteiger partial charge in [-0.1, -0.05) is 11.6 Å². The van der Waals surface area contributed by atoms with Crippen molar-refractivity contribution in [1.82, 2.24) is 24.6 Å². The molecule has 2 aliphatic heterocycles. The lowest BCUT2D eigenvalue weighted by Crippen LogP contribution is -2.56. The van der Waals surface area contributed by atoms with Gasteiger partial charge in [0.25, 0.3) is 0 Å². The average molecular weight is 483 g/mol. The number of aliphatic hydroxyl groups is 1. The summed E-state index contributed by atoms with van der Waals surface area (Å²) in [5.74, 6) is 0.929. The average Bonchev–Trinajstić information content (AvgIpc) is 3.54. The van der Waals surface area contributed by atoms with E-state index in [4.69, 9.17) is 21.3 Å². The van der Waals surface area contributed by atoms with Crippen molar-refractivity contribution in [2.45, 2.75) is 63.1 Å². The van der Waals surface area contributed by atoms with Crippen LogP contribution < -0.4 is 5.32 Å². The summed E-state index contributed by atoms with van der Waals surface area (Å²) in [7, 11) is 0. The number of aromatic nitrogens is 4. The number of likely N-dealkylation sites (tertiary alicyclic amines) is 1. The molecule has 9 heteroatoms. The second-order valence-corrected chi connectivity index (χ2v) is 10.6. The molecule has 1 unspecified atom stereocenters. The highest BCUT2D eigenvalue weighted by Crippen LogP contribution is 2.39. The Morgan fingerprint density at radius 3 is 2.68 bits per heavy atom. The Kier molecular flexibility index (Phi) is 5.52. The molecule has 6 rings (SSSR count). The largest absolute Gasteiger partial charge is 0.389 e. The van der Waals surface area contributed by atoms with Crippen LogP contribution in [0, 0.1) is 6.92 Å². The maximum absolute atomic E-state index is 10.4. The van der Waals surface area contributed by atoms with Gasteiger partial charge in [-0.05, 0) is 76.2 Å². The van der Waals surface area contributed by atoms with Crippen LogP contribution in [0.3, 0.4) is 0 Å². The van der Waals surface area contributed by atoms with E-state index in [1.165, 1.54) is 12.8 Å². The van der Waals surface area contributed by atoms with Crippen LogP contribution in [0.2, 0.25) is 5.02 Å². The highest BCUT2D eigenvalue weighted by Gasteiger charge is 2.45. The molecule has 2 aromatic heterocycles. The fourth-order valence-electron chi connectivity index (χ4n) is 5.45. The number of fused-ring (bicyclic) bond motifs is 1. The number of nitrogens with zero attached hydrogens (tertiary/aromatic N) is 5. The summed E-state index contributed by atoms with van der Waals surface area (Å²) < 4.78 is 7.63. The fourth-order valence-corrected chi connectivity index (χ4v) is 5.78. The predicted octanol–water partition coefficient (Wildman–Crippen LogP) is 4.20. The zero-order valence-corrected chi connectivity index (χ0v) is 20.4. The minimum Gasteiger partial charge on any atom is -0.389 e. The maximum atomic E-state index is 10.4. The number of ether oxygens (including phenoxy) is 1. The lowest BCUT2D eigenvalue weighted by molar-refractivity contribution is -0.00211. The molecule has 4 heterocycles. The van der Waals surface area contributed by atoms with Gasteiger partial charge in [-0.25, -0.2) is 9.97 Å². The molecule has 0 spiro atoms.